The van der Waals surface area contributed by atoms with Gasteiger partial charge < -0.3 is 15.2 Å². The topological polar surface area (TPSA) is 75.2 Å². The number of carbonyl (C=O) groups is 2. The van der Waals surface area contributed by atoms with Gasteiger partial charge in [0, 0.05) is 42.3 Å². The number of carbonyl (C=O) groups excluding carboxylic acids is 2. The molecule has 0 unspecified atom stereocenters. The van der Waals surface area contributed by atoms with Gasteiger partial charge in [0.05, 0.1) is 6.42 Å². The quantitative estimate of drug-likeness (QED) is 0.399. The maximum Gasteiger partial charge on any atom is 0.246 e. The Kier molecular flexibility index (Phi) is 7.49. The minimum Gasteiger partial charge on any atom is -0.344 e. The molecule has 6 nitrogen and oxygen atoms in total. The molecular weight excluding hydrogens is 388 g/mol. The largest absolute Gasteiger partial charge is 0.344 e. The van der Waals surface area contributed by atoms with Crippen LogP contribution in [-0.4, -0.2) is 29.0 Å². The molecule has 0 saturated carbocycles. The predicted octanol–water partition coefficient (Wildman–Crippen LogP) is 3.17. The van der Waals surface area contributed by atoms with Gasteiger partial charge in [-0.25, -0.2) is 4.84 Å². The van der Waals surface area contributed by atoms with Gasteiger partial charge in [-0.05, 0) is 42.7 Å². The average molecular weight is 415 g/mol. The van der Waals surface area contributed by atoms with E-state index in [9.17, 15) is 9.59 Å². The SMILES string of the molecule is C=C1C/C=C\Cn2cc(c3ccccc32)CC(=O)N[C@@H](CCCCNCl)C(=O)N1. The predicted molar refractivity (Wildman–Crippen MR) is 116 cm³/mol. The molecule has 3 rings (SSSR count). The molecule has 3 N–H and O–H groups in total. The minimum absolute atomic E-state index is 0.165. The molecule has 2 aromatic rings. The van der Waals surface area contributed by atoms with Crippen LogP contribution in [0.25, 0.3) is 10.9 Å². The number of rotatable bonds is 5. The number of fused-ring (bicyclic) bond motifs is 5. The van der Waals surface area contributed by atoms with Crippen LogP contribution in [0.3, 0.4) is 0 Å². The number of halogens is 1. The van der Waals surface area contributed by atoms with Crippen molar-refractivity contribution >= 4 is 34.5 Å². The molecule has 0 aliphatic carbocycles. The summed E-state index contributed by atoms with van der Waals surface area (Å²) in [6, 6.07) is 7.46. The number of allylic oxidation sites excluding steroid dienone is 2. The van der Waals surface area contributed by atoms with E-state index in [4.69, 9.17) is 11.8 Å². The second kappa shape index (κ2) is 10.3. The Morgan fingerprint density at radius 1 is 1.21 bits per heavy atom. The Hall–Kier alpha value is -2.57. The van der Waals surface area contributed by atoms with Crippen molar-refractivity contribution in [3.63, 3.8) is 0 Å². The third-order valence-corrected chi connectivity index (χ3v) is 5.21. The van der Waals surface area contributed by atoms with Crippen LogP contribution >= 0.6 is 11.8 Å². The van der Waals surface area contributed by atoms with Gasteiger partial charge in [0.15, 0.2) is 0 Å². The molecule has 2 amide bonds. The van der Waals surface area contributed by atoms with Crippen LogP contribution in [0.2, 0.25) is 0 Å². The van der Waals surface area contributed by atoms with Crippen LogP contribution < -0.4 is 15.5 Å². The summed E-state index contributed by atoms with van der Waals surface area (Å²) in [5.74, 6) is -0.392. The molecule has 7 heteroatoms. The number of unbranched alkanes of at least 4 members (excludes halogenated alkanes) is 1. The van der Waals surface area contributed by atoms with E-state index in [-0.39, 0.29) is 18.2 Å². The molecule has 1 aromatic carbocycles. The summed E-state index contributed by atoms with van der Waals surface area (Å²) >= 11 is 5.49. The van der Waals surface area contributed by atoms with Crippen LogP contribution in [0.15, 0.2) is 54.9 Å². The normalized spacial score (nSPS) is 19.5. The van der Waals surface area contributed by atoms with Crippen LogP contribution in [0.4, 0.5) is 0 Å². The van der Waals surface area contributed by atoms with Crippen molar-refractivity contribution in [3.8, 4) is 0 Å². The zero-order valence-electron chi connectivity index (χ0n) is 16.4. The van der Waals surface area contributed by atoms with E-state index < -0.39 is 6.04 Å². The summed E-state index contributed by atoms with van der Waals surface area (Å²) in [5.41, 5.74) is 2.66. The van der Waals surface area contributed by atoms with Gasteiger partial charge in [-0.2, -0.15) is 0 Å². The molecule has 2 bridgehead atoms. The van der Waals surface area contributed by atoms with Crippen LogP contribution in [-0.2, 0) is 22.6 Å². The number of hydrogen-bond acceptors (Lipinski definition) is 3. The second-order valence-electron chi connectivity index (χ2n) is 7.27. The maximum absolute atomic E-state index is 12.8. The molecule has 1 aliphatic rings. The Balaban J connectivity index is 1.84. The minimum atomic E-state index is -0.602. The van der Waals surface area contributed by atoms with Crippen molar-refractivity contribution in [2.24, 2.45) is 0 Å². The molecule has 0 spiro atoms. The first-order valence-electron chi connectivity index (χ1n) is 9.91. The van der Waals surface area contributed by atoms with Crippen molar-refractivity contribution in [2.45, 2.75) is 44.7 Å². The van der Waals surface area contributed by atoms with Crippen molar-refractivity contribution in [2.75, 3.05) is 6.54 Å². The number of amides is 2. The lowest BCUT2D eigenvalue weighted by Crippen LogP contribution is -2.46. The summed E-state index contributed by atoms with van der Waals surface area (Å²) in [5, 5.41) is 6.80. The first kappa shape index (κ1) is 21.1. The van der Waals surface area contributed by atoms with E-state index in [1.165, 1.54) is 0 Å². The van der Waals surface area contributed by atoms with Gasteiger partial charge in [-0.1, -0.05) is 36.9 Å². The number of benzene rings is 1. The Morgan fingerprint density at radius 3 is 2.86 bits per heavy atom. The van der Waals surface area contributed by atoms with E-state index in [0.717, 1.165) is 29.3 Å². The first-order chi connectivity index (χ1) is 14.1. The van der Waals surface area contributed by atoms with Gasteiger partial charge in [0.2, 0.25) is 11.8 Å². The van der Waals surface area contributed by atoms with Crippen molar-refractivity contribution in [1.29, 1.82) is 0 Å². The third kappa shape index (κ3) is 5.71. The summed E-state index contributed by atoms with van der Waals surface area (Å²) in [6.07, 6.45) is 8.99. The van der Waals surface area contributed by atoms with Gasteiger partial charge >= 0.3 is 0 Å². The zero-order chi connectivity index (χ0) is 20.6. The van der Waals surface area contributed by atoms with Crippen LogP contribution in [0.1, 0.15) is 31.2 Å². The molecule has 0 radical (unpaired) electrons. The highest BCUT2D eigenvalue weighted by Gasteiger charge is 2.22. The summed E-state index contributed by atoms with van der Waals surface area (Å²) in [4.78, 5) is 28.0. The smallest absolute Gasteiger partial charge is 0.246 e. The maximum atomic E-state index is 12.8. The summed E-state index contributed by atoms with van der Waals surface area (Å²) in [6.45, 7) is 5.28. The van der Waals surface area contributed by atoms with Crippen LogP contribution in [0, 0.1) is 0 Å². The fraction of sp³-hybridized carbons (Fsp3) is 0.364. The van der Waals surface area contributed by atoms with Gasteiger partial charge in [0.25, 0.3) is 0 Å². The average Bonchev–Trinajstić information content (AvgIpc) is 3.04. The molecule has 154 valence electrons. The lowest BCUT2D eigenvalue weighted by molar-refractivity contribution is -0.128. The molecule has 1 aromatic heterocycles. The first-order valence-corrected chi connectivity index (χ1v) is 10.3. The van der Waals surface area contributed by atoms with Crippen molar-refractivity contribution in [3.05, 3.63) is 60.5 Å². The van der Waals surface area contributed by atoms with Crippen molar-refractivity contribution < 1.29 is 9.59 Å². The van der Waals surface area contributed by atoms with Gasteiger partial charge in [-0.15, -0.1) is 0 Å². The Labute approximate surface area is 176 Å². The summed E-state index contributed by atoms with van der Waals surface area (Å²) < 4.78 is 2.14. The number of nitrogens with zero attached hydrogens (tertiary/aromatic N) is 1. The van der Waals surface area contributed by atoms with Crippen molar-refractivity contribution in [1.82, 2.24) is 20.0 Å². The van der Waals surface area contributed by atoms with Gasteiger partial charge in [-0.3, -0.25) is 9.59 Å². The number of aromatic nitrogens is 1. The highest BCUT2D eigenvalue weighted by Crippen LogP contribution is 2.22. The Bertz CT molecular complexity index is 919. The number of para-hydroxylation sites is 1. The zero-order valence-corrected chi connectivity index (χ0v) is 17.2. The Morgan fingerprint density at radius 2 is 2.03 bits per heavy atom. The van der Waals surface area contributed by atoms with Gasteiger partial charge in [0.1, 0.15) is 6.04 Å². The second-order valence-corrected chi connectivity index (χ2v) is 7.54. The fourth-order valence-electron chi connectivity index (χ4n) is 3.57. The van der Waals surface area contributed by atoms with Crippen LogP contribution in [0.5, 0.6) is 0 Å². The highest BCUT2D eigenvalue weighted by molar-refractivity contribution is 6.13. The van der Waals surface area contributed by atoms with E-state index in [1.54, 1.807) is 0 Å². The van der Waals surface area contributed by atoms with E-state index >= 15 is 0 Å². The highest BCUT2D eigenvalue weighted by atomic mass is 35.5. The van der Waals surface area contributed by atoms with E-state index in [0.29, 0.717) is 31.6 Å². The molecule has 1 atom stereocenters. The lowest BCUT2D eigenvalue weighted by atomic mass is 10.1. The molecule has 0 saturated heterocycles. The number of hydrogen-bond donors (Lipinski definition) is 3. The third-order valence-electron chi connectivity index (χ3n) is 5.02. The molecule has 29 heavy (non-hydrogen) atoms. The molecular formula is C22H27ClN4O2. The fourth-order valence-corrected chi connectivity index (χ4v) is 3.70. The lowest BCUT2D eigenvalue weighted by Gasteiger charge is -2.19. The number of nitrogens with one attached hydrogen (secondary N) is 3. The van der Waals surface area contributed by atoms with E-state index in [2.05, 4.69) is 38.8 Å². The molecule has 2 heterocycles. The van der Waals surface area contributed by atoms with E-state index in [1.807, 2.05) is 30.5 Å². The monoisotopic (exact) mass is 414 g/mol. The molecule has 1 aliphatic heterocycles. The standard InChI is InChI=1S/C22H27ClN4O2/c1-16-8-5-7-13-27-15-17(18-9-2-3-11-20(18)27)14-21(28)26-19(22(29)25-16)10-4-6-12-24-23/h2-3,5,7,9,11,15,19,24H,1,4,6,8,10,12-14H2,(H,25,29)(H,26,28)/b7-5-/t19-/m0/s1. The summed E-state index contributed by atoms with van der Waals surface area (Å²) in [7, 11) is 0. The molecule has 0 fully saturated rings.